The minimum absolute atomic E-state index is 0.113. The summed E-state index contributed by atoms with van der Waals surface area (Å²) in [6.07, 6.45) is 3.79. The molecule has 0 N–H and O–H groups in total. The highest BCUT2D eigenvalue weighted by Crippen LogP contribution is 2.30. The van der Waals surface area contributed by atoms with Crippen molar-refractivity contribution in [3.8, 4) is 22.4 Å². The van der Waals surface area contributed by atoms with Crippen LogP contribution in [0.2, 0.25) is 0 Å². The van der Waals surface area contributed by atoms with E-state index in [0.717, 1.165) is 44.5 Å². The molecule has 0 radical (unpaired) electrons. The van der Waals surface area contributed by atoms with Gasteiger partial charge in [-0.25, -0.2) is 9.67 Å². The smallest absolute Gasteiger partial charge is 0.158 e. The van der Waals surface area contributed by atoms with Crippen LogP contribution in [-0.2, 0) is 23.1 Å². The zero-order chi connectivity index (χ0) is 21.1. The number of aryl methyl sites for hydroxylation is 1. The normalized spacial score (nSPS) is 11.3. The van der Waals surface area contributed by atoms with E-state index in [1.807, 2.05) is 37.4 Å². The van der Waals surface area contributed by atoms with Crippen molar-refractivity contribution in [2.24, 2.45) is 12.2 Å². The summed E-state index contributed by atoms with van der Waals surface area (Å²) in [4.78, 5) is 20.8. The van der Waals surface area contributed by atoms with Gasteiger partial charge in [-0.15, -0.1) is 0 Å². The Balaban J connectivity index is 1.74. The largest absolute Gasteiger partial charge is 0.399 e. The molecular formula is C24H22N4O2. The lowest BCUT2D eigenvalue weighted by atomic mass is 9.99. The Bertz CT molecular complexity index is 1240. The average Bonchev–Trinajstić information content (AvgIpc) is 3.08. The van der Waals surface area contributed by atoms with Gasteiger partial charge in [-0.05, 0) is 41.3 Å². The van der Waals surface area contributed by atoms with Crippen LogP contribution in [0.5, 0.6) is 0 Å². The van der Waals surface area contributed by atoms with E-state index in [9.17, 15) is 4.79 Å². The molecule has 0 saturated heterocycles. The predicted molar refractivity (Wildman–Crippen MR) is 118 cm³/mol. The summed E-state index contributed by atoms with van der Waals surface area (Å²) >= 11 is 0. The van der Waals surface area contributed by atoms with Gasteiger partial charge in [0.2, 0.25) is 0 Å². The number of aromatic nitrogens is 3. The van der Waals surface area contributed by atoms with Gasteiger partial charge in [-0.2, -0.15) is 5.10 Å². The molecule has 6 heteroatoms. The molecule has 30 heavy (non-hydrogen) atoms. The van der Waals surface area contributed by atoms with Gasteiger partial charge in [0.05, 0.1) is 6.21 Å². The summed E-state index contributed by atoms with van der Waals surface area (Å²) in [7, 11) is 3.41. The molecule has 4 rings (SSSR count). The molecule has 0 amide bonds. The SMILES string of the molecule is CO/N=C/c1ccc(-c2cccc(-c3nn(C)c4ncc(CC(C)=O)cc34)c2)cc1. The van der Waals surface area contributed by atoms with Crippen molar-refractivity contribution >= 4 is 23.0 Å². The van der Waals surface area contributed by atoms with E-state index < -0.39 is 0 Å². The fourth-order valence-electron chi connectivity index (χ4n) is 3.50. The van der Waals surface area contributed by atoms with Crippen LogP contribution in [0.25, 0.3) is 33.4 Å². The number of hydrogen-bond acceptors (Lipinski definition) is 5. The van der Waals surface area contributed by atoms with E-state index in [4.69, 9.17) is 9.94 Å². The summed E-state index contributed by atoms with van der Waals surface area (Å²) in [5.74, 6) is 0.113. The number of ketones is 1. The second-order valence-electron chi connectivity index (χ2n) is 7.19. The topological polar surface area (TPSA) is 69.4 Å². The van der Waals surface area contributed by atoms with Crippen LogP contribution in [0.1, 0.15) is 18.1 Å². The molecule has 0 bridgehead atoms. The highest BCUT2D eigenvalue weighted by Gasteiger charge is 2.14. The van der Waals surface area contributed by atoms with E-state index in [2.05, 4.69) is 34.4 Å². The van der Waals surface area contributed by atoms with E-state index in [0.29, 0.717) is 6.42 Å². The molecule has 2 aromatic carbocycles. The van der Waals surface area contributed by atoms with E-state index in [1.165, 1.54) is 7.11 Å². The quantitative estimate of drug-likeness (QED) is 0.356. The molecule has 0 aliphatic rings. The number of carbonyl (C=O) groups excluding carboxylic acids is 1. The molecule has 0 spiro atoms. The third-order valence-corrected chi connectivity index (χ3v) is 4.88. The molecule has 0 aliphatic carbocycles. The maximum absolute atomic E-state index is 11.5. The van der Waals surface area contributed by atoms with Crippen LogP contribution in [0.3, 0.4) is 0 Å². The van der Waals surface area contributed by atoms with Gasteiger partial charge < -0.3 is 4.84 Å². The highest BCUT2D eigenvalue weighted by atomic mass is 16.6. The molecular weight excluding hydrogens is 376 g/mol. The van der Waals surface area contributed by atoms with Crippen LogP contribution >= 0.6 is 0 Å². The van der Waals surface area contributed by atoms with Gasteiger partial charge in [0.15, 0.2) is 5.65 Å². The lowest BCUT2D eigenvalue weighted by molar-refractivity contribution is -0.116. The average molecular weight is 398 g/mol. The first kappa shape index (κ1) is 19.5. The molecule has 0 saturated carbocycles. The van der Waals surface area contributed by atoms with Crippen molar-refractivity contribution in [3.05, 3.63) is 71.9 Å². The van der Waals surface area contributed by atoms with Crippen molar-refractivity contribution in [1.82, 2.24) is 14.8 Å². The molecule has 0 unspecified atom stereocenters. The fraction of sp³-hybridized carbons (Fsp3) is 0.167. The minimum Gasteiger partial charge on any atom is -0.399 e. The molecule has 4 aromatic rings. The summed E-state index contributed by atoms with van der Waals surface area (Å²) in [5.41, 5.74) is 6.71. The minimum atomic E-state index is 0.113. The number of oxime groups is 1. The van der Waals surface area contributed by atoms with Crippen molar-refractivity contribution in [3.63, 3.8) is 0 Å². The fourth-order valence-corrected chi connectivity index (χ4v) is 3.50. The van der Waals surface area contributed by atoms with E-state index >= 15 is 0 Å². The maximum Gasteiger partial charge on any atom is 0.158 e. The van der Waals surface area contributed by atoms with Crippen molar-refractivity contribution in [2.75, 3.05) is 7.11 Å². The van der Waals surface area contributed by atoms with E-state index in [1.54, 1.807) is 24.0 Å². The van der Waals surface area contributed by atoms with Gasteiger partial charge in [0.1, 0.15) is 18.6 Å². The molecule has 150 valence electrons. The van der Waals surface area contributed by atoms with Crippen LogP contribution in [-0.4, -0.2) is 33.9 Å². The Kier molecular flexibility index (Phi) is 5.39. The summed E-state index contributed by atoms with van der Waals surface area (Å²) < 4.78 is 1.78. The Morgan fingerprint density at radius 1 is 1.10 bits per heavy atom. The second kappa shape index (κ2) is 8.29. The summed E-state index contributed by atoms with van der Waals surface area (Å²) in [6.45, 7) is 1.59. The molecule has 0 aliphatic heterocycles. The molecule has 0 fully saturated rings. The monoisotopic (exact) mass is 398 g/mol. The molecule has 2 aromatic heterocycles. The number of Topliss-reactive ketones (excluding diaryl/α,β-unsaturated/α-hetero) is 1. The first-order valence-corrected chi connectivity index (χ1v) is 9.63. The maximum atomic E-state index is 11.5. The van der Waals surface area contributed by atoms with Gasteiger partial charge in [-0.1, -0.05) is 47.6 Å². The number of benzene rings is 2. The second-order valence-corrected chi connectivity index (χ2v) is 7.19. The lowest BCUT2D eigenvalue weighted by Gasteiger charge is -2.05. The van der Waals surface area contributed by atoms with E-state index in [-0.39, 0.29) is 5.78 Å². The zero-order valence-corrected chi connectivity index (χ0v) is 17.2. The summed E-state index contributed by atoms with van der Waals surface area (Å²) in [5, 5.41) is 9.44. The first-order valence-electron chi connectivity index (χ1n) is 9.63. The van der Waals surface area contributed by atoms with Gasteiger partial charge in [-0.3, -0.25) is 4.79 Å². The van der Waals surface area contributed by atoms with Crippen molar-refractivity contribution < 1.29 is 9.63 Å². The highest BCUT2D eigenvalue weighted by molar-refractivity contribution is 5.93. The van der Waals surface area contributed by atoms with Crippen LogP contribution in [0.4, 0.5) is 0 Å². The summed E-state index contributed by atoms with van der Waals surface area (Å²) in [6, 6.07) is 18.4. The Hall–Kier alpha value is -3.80. The Morgan fingerprint density at radius 2 is 1.87 bits per heavy atom. The zero-order valence-electron chi connectivity index (χ0n) is 17.2. The predicted octanol–water partition coefficient (Wildman–Crippen LogP) is 4.41. The Labute approximate surface area is 174 Å². The van der Waals surface area contributed by atoms with Crippen molar-refractivity contribution in [1.29, 1.82) is 0 Å². The Morgan fingerprint density at radius 3 is 2.60 bits per heavy atom. The third kappa shape index (κ3) is 3.98. The number of pyridine rings is 1. The number of nitrogens with zero attached hydrogens (tertiary/aromatic N) is 4. The first-order chi connectivity index (χ1) is 14.5. The van der Waals surface area contributed by atoms with Crippen LogP contribution in [0, 0.1) is 0 Å². The third-order valence-electron chi connectivity index (χ3n) is 4.88. The number of carbonyl (C=O) groups is 1. The van der Waals surface area contributed by atoms with Crippen LogP contribution < -0.4 is 0 Å². The number of rotatable bonds is 6. The van der Waals surface area contributed by atoms with Crippen LogP contribution in [0.15, 0.2) is 65.9 Å². The number of hydrogen-bond donors (Lipinski definition) is 0. The van der Waals surface area contributed by atoms with Gasteiger partial charge in [0.25, 0.3) is 0 Å². The molecule has 0 atom stereocenters. The van der Waals surface area contributed by atoms with Gasteiger partial charge >= 0.3 is 0 Å². The van der Waals surface area contributed by atoms with Crippen molar-refractivity contribution in [2.45, 2.75) is 13.3 Å². The standard InChI is InChI=1S/C24H22N4O2/c1-16(29)11-18-12-22-23(27-28(2)24(22)25-14-18)21-6-4-5-20(13-21)19-9-7-17(8-10-19)15-26-30-3/h4-10,12-15H,11H2,1-3H3/b26-15+. The molecule has 6 nitrogen and oxygen atoms in total. The number of fused-ring (bicyclic) bond motifs is 1. The van der Waals surface area contributed by atoms with Gasteiger partial charge in [0, 0.05) is 30.6 Å². The lowest BCUT2D eigenvalue weighted by Crippen LogP contribution is -1.97. The molecule has 2 heterocycles.